The van der Waals surface area contributed by atoms with Crippen LogP contribution in [-0.2, 0) is 10.0 Å². The highest BCUT2D eigenvalue weighted by atomic mass is 32.2. The minimum atomic E-state index is -3.47. The van der Waals surface area contributed by atoms with E-state index in [1.165, 1.54) is 11.3 Å². The van der Waals surface area contributed by atoms with Crippen LogP contribution < -0.4 is 4.72 Å². The van der Waals surface area contributed by atoms with Gasteiger partial charge in [0, 0.05) is 5.56 Å². The quantitative estimate of drug-likeness (QED) is 0.451. The van der Waals surface area contributed by atoms with E-state index in [0.29, 0.717) is 10.8 Å². The Labute approximate surface area is 158 Å². The highest BCUT2D eigenvalue weighted by Gasteiger charge is 2.14. The molecule has 2 heterocycles. The van der Waals surface area contributed by atoms with Crippen LogP contribution in [0, 0.1) is 0 Å². The van der Waals surface area contributed by atoms with Crippen molar-refractivity contribution >= 4 is 50.0 Å². The molecule has 0 saturated carbocycles. The van der Waals surface area contributed by atoms with Crippen LogP contribution in [0.5, 0.6) is 0 Å². The van der Waals surface area contributed by atoms with Crippen molar-refractivity contribution < 1.29 is 8.42 Å². The summed E-state index contributed by atoms with van der Waals surface area (Å²) in [7, 11) is -3.47. The van der Waals surface area contributed by atoms with E-state index in [-0.39, 0.29) is 11.8 Å². The Morgan fingerprint density at radius 2 is 2.00 bits per heavy atom. The molecule has 0 atom stereocenters. The average Bonchev–Trinajstić information content (AvgIpc) is 3.19. The van der Waals surface area contributed by atoms with Crippen molar-refractivity contribution in [2.24, 2.45) is 10.2 Å². The van der Waals surface area contributed by atoms with Crippen molar-refractivity contribution in [3.63, 3.8) is 0 Å². The number of azo groups is 1. The summed E-state index contributed by atoms with van der Waals surface area (Å²) in [5, 5.41) is 16.6. The Kier molecular flexibility index (Phi) is 5.64. The fraction of sp³-hybridized carbons (Fsp3) is 0.214. The molecule has 0 unspecified atom stereocenters. The number of sulfonamides is 1. The molecule has 0 amide bonds. The Morgan fingerprint density at radius 3 is 2.69 bits per heavy atom. The molecule has 3 rings (SSSR count). The lowest BCUT2D eigenvalue weighted by atomic mass is 10.1. The maximum Gasteiger partial charge on any atom is 0.252 e. The molecule has 12 heteroatoms. The first-order valence-corrected chi connectivity index (χ1v) is 11.1. The van der Waals surface area contributed by atoms with Crippen LogP contribution in [0.1, 0.15) is 6.92 Å². The number of benzene rings is 1. The van der Waals surface area contributed by atoms with Crippen LogP contribution in [0.4, 0.5) is 16.9 Å². The van der Waals surface area contributed by atoms with E-state index in [2.05, 4.69) is 35.1 Å². The van der Waals surface area contributed by atoms with Gasteiger partial charge >= 0.3 is 0 Å². The smallest absolute Gasteiger partial charge is 0.252 e. The largest absolute Gasteiger partial charge is 0.321 e. The number of rotatable bonds is 7. The van der Waals surface area contributed by atoms with Crippen molar-refractivity contribution in [3.8, 4) is 11.3 Å². The van der Waals surface area contributed by atoms with E-state index in [0.717, 1.165) is 21.9 Å². The van der Waals surface area contributed by atoms with Crippen LogP contribution in [0.25, 0.3) is 11.3 Å². The molecular formula is C14H15N7O2S3. The van der Waals surface area contributed by atoms with Gasteiger partial charge < -0.3 is 4.98 Å². The van der Waals surface area contributed by atoms with Crippen molar-refractivity contribution in [3.05, 3.63) is 30.3 Å². The number of aromatic nitrogens is 4. The summed E-state index contributed by atoms with van der Waals surface area (Å²) >= 11 is 2.90. The van der Waals surface area contributed by atoms with E-state index < -0.39 is 10.0 Å². The molecule has 2 N–H and O–H groups in total. The Hall–Kier alpha value is -2.31. The number of hydrogen-bond donors (Lipinski definition) is 2. The van der Waals surface area contributed by atoms with Gasteiger partial charge in [0.25, 0.3) is 5.13 Å². The number of nitrogens with zero attached hydrogens (tertiary/aromatic N) is 5. The Balaban J connectivity index is 1.94. The van der Waals surface area contributed by atoms with Gasteiger partial charge in [-0.2, -0.15) is 4.98 Å². The molecule has 1 aromatic carbocycles. The number of aromatic amines is 1. The summed E-state index contributed by atoms with van der Waals surface area (Å²) in [5.74, 6) is 1.21. The van der Waals surface area contributed by atoms with Crippen LogP contribution >= 0.6 is 23.1 Å². The van der Waals surface area contributed by atoms with Gasteiger partial charge in [-0.05, 0) is 5.75 Å². The van der Waals surface area contributed by atoms with Crippen LogP contribution in [0.15, 0.2) is 44.9 Å². The summed E-state index contributed by atoms with van der Waals surface area (Å²) in [6, 6.07) is 9.32. The van der Waals surface area contributed by atoms with Gasteiger partial charge in [0.2, 0.25) is 21.8 Å². The number of thioether (sulfide) groups is 1. The van der Waals surface area contributed by atoms with E-state index in [9.17, 15) is 8.42 Å². The maximum atomic E-state index is 11.5. The highest BCUT2D eigenvalue weighted by molar-refractivity contribution is 8.01. The molecule has 0 aliphatic rings. The standard InChI is InChI=1S/C14H15N7O2S3/c1-3-24-14-20-19-13(25-14)18-17-11-10(9-7-5-4-6-8-9)15-12(16-11)21-26(2,22)23/h4-8H,3H2,1-2H3,(H2,15,16,21). The first kappa shape index (κ1) is 18.5. The fourth-order valence-electron chi connectivity index (χ4n) is 1.98. The van der Waals surface area contributed by atoms with Gasteiger partial charge in [-0.15, -0.1) is 20.4 Å². The maximum absolute atomic E-state index is 11.5. The van der Waals surface area contributed by atoms with Gasteiger partial charge in [0.15, 0.2) is 4.34 Å². The Morgan fingerprint density at radius 1 is 1.23 bits per heavy atom. The predicted molar refractivity (Wildman–Crippen MR) is 103 cm³/mol. The second-order valence-corrected chi connectivity index (χ2v) is 9.22. The van der Waals surface area contributed by atoms with Gasteiger partial charge in [-0.1, -0.05) is 60.4 Å². The molecule has 26 heavy (non-hydrogen) atoms. The predicted octanol–water partition coefficient (Wildman–Crippen LogP) is 3.83. The summed E-state index contributed by atoms with van der Waals surface area (Å²) in [4.78, 5) is 7.10. The van der Waals surface area contributed by atoms with E-state index >= 15 is 0 Å². The van der Waals surface area contributed by atoms with E-state index in [1.54, 1.807) is 11.8 Å². The third-order valence-electron chi connectivity index (χ3n) is 2.92. The zero-order valence-corrected chi connectivity index (χ0v) is 16.3. The second kappa shape index (κ2) is 7.93. The normalized spacial score (nSPS) is 11.9. The summed E-state index contributed by atoms with van der Waals surface area (Å²) < 4.78 is 26.0. The molecule has 0 spiro atoms. The minimum absolute atomic E-state index is 0.0693. The van der Waals surface area contributed by atoms with Gasteiger partial charge in [0.1, 0.15) is 0 Å². The summed E-state index contributed by atoms with van der Waals surface area (Å²) in [6.07, 6.45) is 1.05. The lowest BCUT2D eigenvalue weighted by molar-refractivity contribution is 0.606. The number of imidazole rings is 1. The first-order chi connectivity index (χ1) is 12.4. The van der Waals surface area contributed by atoms with Crippen molar-refractivity contribution in [1.82, 2.24) is 20.2 Å². The molecule has 0 aliphatic carbocycles. The van der Waals surface area contributed by atoms with Gasteiger partial charge in [-0.3, -0.25) is 4.72 Å². The van der Waals surface area contributed by atoms with Crippen molar-refractivity contribution in [1.29, 1.82) is 0 Å². The third-order valence-corrected chi connectivity index (χ3v) is 5.31. The average molecular weight is 410 g/mol. The van der Waals surface area contributed by atoms with Gasteiger partial charge in [-0.25, -0.2) is 8.42 Å². The van der Waals surface area contributed by atoms with Crippen LogP contribution in [-0.4, -0.2) is 40.6 Å². The van der Waals surface area contributed by atoms with Crippen LogP contribution in [0.3, 0.4) is 0 Å². The molecule has 0 radical (unpaired) electrons. The number of hydrogen-bond acceptors (Lipinski definition) is 9. The highest BCUT2D eigenvalue weighted by Crippen LogP contribution is 2.32. The fourth-order valence-corrected chi connectivity index (χ4v) is 3.99. The third kappa shape index (κ3) is 4.86. The van der Waals surface area contributed by atoms with E-state index in [4.69, 9.17) is 0 Å². The monoisotopic (exact) mass is 409 g/mol. The van der Waals surface area contributed by atoms with E-state index in [1.807, 2.05) is 37.3 Å². The first-order valence-electron chi connectivity index (χ1n) is 7.46. The lowest BCUT2D eigenvalue weighted by Crippen LogP contribution is -2.10. The van der Waals surface area contributed by atoms with Crippen molar-refractivity contribution in [2.75, 3.05) is 16.7 Å². The van der Waals surface area contributed by atoms with Crippen LogP contribution in [0.2, 0.25) is 0 Å². The molecule has 9 nitrogen and oxygen atoms in total. The molecule has 136 valence electrons. The second-order valence-electron chi connectivity index (χ2n) is 5.01. The zero-order valence-electron chi connectivity index (χ0n) is 13.9. The molecule has 0 saturated heterocycles. The molecule has 0 fully saturated rings. The minimum Gasteiger partial charge on any atom is -0.321 e. The SMILES string of the molecule is CCSc1nnc(N=Nc2nc(NS(C)(=O)=O)[nH]c2-c2ccccc2)s1. The summed E-state index contributed by atoms with van der Waals surface area (Å²) in [6.45, 7) is 2.03. The molecule has 3 aromatic rings. The topological polar surface area (TPSA) is 125 Å². The zero-order chi connectivity index (χ0) is 18.6. The molecule has 0 bridgehead atoms. The molecule has 2 aromatic heterocycles. The number of anilines is 1. The molecular weight excluding hydrogens is 394 g/mol. The molecule has 0 aliphatic heterocycles. The number of H-pyrrole nitrogens is 1. The van der Waals surface area contributed by atoms with Gasteiger partial charge in [0.05, 0.1) is 11.9 Å². The van der Waals surface area contributed by atoms with Crippen molar-refractivity contribution in [2.45, 2.75) is 11.3 Å². The summed E-state index contributed by atoms with van der Waals surface area (Å²) in [5.41, 5.74) is 1.35. The Bertz CT molecular complexity index is 1010. The number of nitrogens with one attached hydrogen (secondary N) is 2. The lowest BCUT2D eigenvalue weighted by Gasteiger charge is -1.98.